The summed E-state index contributed by atoms with van der Waals surface area (Å²) in [6.45, 7) is 3.17. The lowest BCUT2D eigenvalue weighted by Gasteiger charge is -2.33. The van der Waals surface area contributed by atoms with Gasteiger partial charge in [0.1, 0.15) is 11.6 Å². The zero-order chi connectivity index (χ0) is 18.8. The van der Waals surface area contributed by atoms with Gasteiger partial charge in [-0.15, -0.1) is 0 Å². The summed E-state index contributed by atoms with van der Waals surface area (Å²) in [6.07, 6.45) is 8.78. The third-order valence-corrected chi connectivity index (χ3v) is 4.95. The van der Waals surface area contributed by atoms with Crippen molar-refractivity contribution in [1.82, 2.24) is 24.4 Å². The molecule has 0 unspecified atom stereocenters. The predicted octanol–water partition coefficient (Wildman–Crippen LogP) is 3.13. The van der Waals surface area contributed by atoms with Crippen molar-refractivity contribution < 1.29 is 9.18 Å². The maximum absolute atomic E-state index is 13.1. The molecule has 1 aliphatic rings. The van der Waals surface area contributed by atoms with E-state index in [1.165, 1.54) is 24.3 Å². The van der Waals surface area contributed by atoms with Crippen molar-refractivity contribution >= 4 is 5.91 Å². The number of nitrogens with zero attached hydrogens (tertiary/aromatic N) is 5. The monoisotopic (exact) mass is 365 g/mol. The number of carbonyl (C=O) groups excluding carboxylic acids is 1. The topological polar surface area (TPSA) is 63.9 Å². The van der Waals surface area contributed by atoms with Crippen LogP contribution in [0.5, 0.6) is 0 Å². The molecule has 1 aliphatic heterocycles. The van der Waals surface area contributed by atoms with Gasteiger partial charge in [-0.3, -0.25) is 14.3 Å². The van der Waals surface area contributed by atoms with Crippen molar-refractivity contribution in [2.75, 3.05) is 13.1 Å². The normalized spacial score (nSPS) is 17.1. The Bertz CT molecular complexity index is 953. The van der Waals surface area contributed by atoms with Gasteiger partial charge < -0.3 is 4.90 Å². The Kier molecular flexibility index (Phi) is 4.66. The quantitative estimate of drug-likeness (QED) is 0.715. The minimum Gasteiger partial charge on any atom is -0.338 e. The minimum absolute atomic E-state index is 0.0797. The van der Waals surface area contributed by atoms with E-state index in [1.807, 2.05) is 22.6 Å². The molecule has 1 saturated heterocycles. The smallest absolute Gasteiger partial charge is 0.253 e. The molecule has 1 aromatic carbocycles. The van der Waals surface area contributed by atoms with E-state index in [0.717, 1.165) is 30.2 Å². The first-order chi connectivity index (χ1) is 13.1. The van der Waals surface area contributed by atoms with Gasteiger partial charge in [-0.2, -0.15) is 0 Å². The van der Waals surface area contributed by atoms with Crippen molar-refractivity contribution in [2.24, 2.45) is 0 Å². The second kappa shape index (κ2) is 7.26. The lowest BCUT2D eigenvalue weighted by atomic mass is 9.93. The number of piperidine rings is 1. The van der Waals surface area contributed by atoms with Crippen LogP contribution in [0, 0.1) is 12.7 Å². The van der Waals surface area contributed by atoms with Crippen molar-refractivity contribution in [3.05, 3.63) is 72.0 Å². The molecule has 0 bridgehead atoms. The Morgan fingerprint density at radius 2 is 1.89 bits per heavy atom. The number of imidazole rings is 1. The molecule has 1 atom stereocenters. The van der Waals surface area contributed by atoms with Crippen LogP contribution in [0.25, 0.3) is 5.82 Å². The number of rotatable bonds is 3. The van der Waals surface area contributed by atoms with Crippen LogP contribution in [0.4, 0.5) is 4.39 Å². The summed E-state index contributed by atoms with van der Waals surface area (Å²) < 4.78 is 15.1. The number of likely N-dealkylation sites (tertiary alicyclic amines) is 1. The molecule has 1 amide bonds. The SMILES string of the molecule is Cc1nccn1-c1nccnc1[C@H]1CCCN(C(=O)c2ccc(F)cc2)C1. The molecule has 6 nitrogen and oxygen atoms in total. The fraction of sp³-hybridized carbons (Fsp3) is 0.300. The summed E-state index contributed by atoms with van der Waals surface area (Å²) in [4.78, 5) is 28.0. The standard InChI is InChI=1S/C20H20FN5O/c1-14-22-10-12-26(14)19-18(23-8-9-24-19)16-3-2-11-25(13-16)20(27)15-4-6-17(21)7-5-15/h4-10,12,16H,2-3,11,13H2,1H3/t16-/m0/s1. The van der Waals surface area contributed by atoms with Gasteiger partial charge in [0.2, 0.25) is 0 Å². The van der Waals surface area contributed by atoms with Crippen molar-refractivity contribution in [3.63, 3.8) is 0 Å². The van der Waals surface area contributed by atoms with E-state index in [2.05, 4.69) is 15.0 Å². The third kappa shape index (κ3) is 3.45. The second-order valence-electron chi connectivity index (χ2n) is 6.71. The fourth-order valence-corrected chi connectivity index (χ4v) is 3.58. The Hall–Kier alpha value is -3.09. The third-order valence-electron chi connectivity index (χ3n) is 4.95. The van der Waals surface area contributed by atoms with Gasteiger partial charge in [-0.25, -0.2) is 14.4 Å². The Morgan fingerprint density at radius 3 is 2.63 bits per heavy atom. The summed E-state index contributed by atoms with van der Waals surface area (Å²) in [5.41, 5.74) is 1.37. The number of amides is 1. The van der Waals surface area contributed by atoms with Gasteiger partial charge in [0.25, 0.3) is 5.91 Å². The van der Waals surface area contributed by atoms with E-state index in [4.69, 9.17) is 0 Å². The van der Waals surface area contributed by atoms with Crippen LogP contribution in [0.15, 0.2) is 49.1 Å². The first kappa shape index (κ1) is 17.3. The molecule has 27 heavy (non-hydrogen) atoms. The van der Waals surface area contributed by atoms with Gasteiger partial charge in [-0.05, 0) is 44.0 Å². The number of hydrogen-bond acceptors (Lipinski definition) is 4. The van der Waals surface area contributed by atoms with E-state index in [0.29, 0.717) is 18.7 Å². The lowest BCUT2D eigenvalue weighted by molar-refractivity contribution is 0.0705. The van der Waals surface area contributed by atoms with Crippen LogP contribution in [0.1, 0.15) is 40.6 Å². The predicted molar refractivity (Wildman–Crippen MR) is 98.2 cm³/mol. The van der Waals surface area contributed by atoms with Crippen LogP contribution in [-0.4, -0.2) is 43.4 Å². The molecule has 7 heteroatoms. The maximum Gasteiger partial charge on any atom is 0.253 e. The lowest BCUT2D eigenvalue weighted by Crippen LogP contribution is -2.39. The van der Waals surface area contributed by atoms with Crippen molar-refractivity contribution in [1.29, 1.82) is 0 Å². The molecule has 138 valence electrons. The van der Waals surface area contributed by atoms with Crippen LogP contribution in [0.2, 0.25) is 0 Å². The van der Waals surface area contributed by atoms with Crippen LogP contribution in [-0.2, 0) is 0 Å². The number of aromatic nitrogens is 4. The molecule has 4 rings (SSSR count). The minimum atomic E-state index is -0.344. The summed E-state index contributed by atoms with van der Waals surface area (Å²) in [6, 6.07) is 5.70. The second-order valence-corrected chi connectivity index (χ2v) is 6.71. The molecule has 3 heterocycles. The molecular formula is C20H20FN5O. The average Bonchev–Trinajstić information content (AvgIpc) is 3.14. The highest BCUT2D eigenvalue weighted by Crippen LogP contribution is 2.29. The number of benzene rings is 1. The van der Waals surface area contributed by atoms with Gasteiger partial charge in [0.05, 0.1) is 5.69 Å². The molecule has 3 aromatic rings. The first-order valence-electron chi connectivity index (χ1n) is 8.99. The molecule has 1 fully saturated rings. The number of hydrogen-bond donors (Lipinski definition) is 0. The summed E-state index contributed by atoms with van der Waals surface area (Å²) in [5.74, 6) is 1.26. The Labute approximate surface area is 156 Å². The first-order valence-corrected chi connectivity index (χ1v) is 8.99. The van der Waals surface area contributed by atoms with Crippen LogP contribution < -0.4 is 0 Å². The average molecular weight is 365 g/mol. The van der Waals surface area contributed by atoms with Gasteiger partial charge >= 0.3 is 0 Å². The Balaban J connectivity index is 1.60. The summed E-state index contributed by atoms with van der Waals surface area (Å²) in [7, 11) is 0. The zero-order valence-corrected chi connectivity index (χ0v) is 15.0. The zero-order valence-electron chi connectivity index (χ0n) is 15.0. The largest absolute Gasteiger partial charge is 0.338 e. The summed E-state index contributed by atoms with van der Waals surface area (Å²) in [5, 5.41) is 0. The number of aryl methyl sites for hydroxylation is 1. The van der Waals surface area contributed by atoms with E-state index >= 15 is 0 Å². The highest BCUT2D eigenvalue weighted by atomic mass is 19.1. The molecule has 0 radical (unpaired) electrons. The van der Waals surface area contributed by atoms with Gasteiger partial charge in [-0.1, -0.05) is 0 Å². The van der Waals surface area contributed by atoms with Crippen molar-refractivity contribution in [3.8, 4) is 5.82 Å². The Morgan fingerprint density at radius 1 is 1.11 bits per heavy atom. The molecular weight excluding hydrogens is 345 g/mol. The molecule has 0 spiro atoms. The molecule has 0 saturated carbocycles. The van der Waals surface area contributed by atoms with E-state index in [-0.39, 0.29) is 17.6 Å². The number of carbonyl (C=O) groups is 1. The highest BCUT2D eigenvalue weighted by molar-refractivity contribution is 5.94. The molecule has 0 N–H and O–H groups in total. The van der Waals surface area contributed by atoms with Gasteiger partial charge in [0.15, 0.2) is 5.82 Å². The fourth-order valence-electron chi connectivity index (χ4n) is 3.58. The van der Waals surface area contributed by atoms with Crippen molar-refractivity contribution in [2.45, 2.75) is 25.7 Å². The van der Waals surface area contributed by atoms with Gasteiger partial charge in [0, 0.05) is 49.4 Å². The van der Waals surface area contributed by atoms with E-state index in [1.54, 1.807) is 18.6 Å². The molecule has 0 aliphatic carbocycles. The van der Waals surface area contributed by atoms with E-state index in [9.17, 15) is 9.18 Å². The van der Waals surface area contributed by atoms with Crippen LogP contribution >= 0.6 is 0 Å². The molecule has 2 aromatic heterocycles. The maximum atomic E-state index is 13.1. The number of halogens is 1. The van der Waals surface area contributed by atoms with Crippen LogP contribution in [0.3, 0.4) is 0 Å². The van der Waals surface area contributed by atoms with E-state index < -0.39 is 0 Å². The highest BCUT2D eigenvalue weighted by Gasteiger charge is 2.28. The summed E-state index contributed by atoms with van der Waals surface area (Å²) >= 11 is 0.